The summed E-state index contributed by atoms with van der Waals surface area (Å²) in [4.78, 5) is 23.1. The number of aliphatic hydroxyl groups is 1. The van der Waals surface area contributed by atoms with Crippen LogP contribution in [0.1, 0.15) is 41.8 Å². The molecule has 0 spiro atoms. The van der Waals surface area contributed by atoms with Crippen molar-refractivity contribution in [2.75, 3.05) is 44.7 Å². The number of hydrogen-bond acceptors (Lipinski definition) is 5. The Labute approximate surface area is 185 Å². The van der Waals surface area contributed by atoms with Crippen LogP contribution in [0.4, 0.5) is 18.9 Å². The first-order chi connectivity index (χ1) is 15.0. The minimum atomic E-state index is -4.85. The summed E-state index contributed by atoms with van der Waals surface area (Å²) in [6, 6.07) is 7.02. The van der Waals surface area contributed by atoms with Crippen LogP contribution in [-0.4, -0.2) is 76.3 Å². The Hall–Kier alpha value is -2.59. The number of alkyl halides is 3. The molecule has 1 saturated heterocycles. The summed E-state index contributed by atoms with van der Waals surface area (Å²) in [5.41, 5.74) is -1.000. The zero-order chi connectivity index (χ0) is 23.3. The smallest absolute Gasteiger partial charge is 0.374 e. The van der Waals surface area contributed by atoms with E-state index < -0.39 is 23.6 Å². The fourth-order valence-corrected chi connectivity index (χ4v) is 4.37. The first-order valence-electron chi connectivity index (χ1n) is 10.7. The van der Waals surface area contributed by atoms with Crippen LogP contribution in [0.2, 0.25) is 0 Å². The molecule has 174 valence electrons. The molecule has 2 aromatic rings. The van der Waals surface area contributed by atoms with Gasteiger partial charge in [-0.3, -0.25) is 4.79 Å². The lowest BCUT2D eigenvalue weighted by molar-refractivity contribution is -0.263. The van der Waals surface area contributed by atoms with E-state index >= 15 is 0 Å². The van der Waals surface area contributed by atoms with Gasteiger partial charge in [0.2, 0.25) is 5.60 Å². The maximum atomic E-state index is 13.3. The molecule has 2 aliphatic heterocycles. The van der Waals surface area contributed by atoms with Gasteiger partial charge in [0.15, 0.2) is 5.82 Å². The number of benzene rings is 1. The first-order valence-corrected chi connectivity index (χ1v) is 10.7. The van der Waals surface area contributed by atoms with Gasteiger partial charge in [0.05, 0.1) is 24.5 Å². The summed E-state index contributed by atoms with van der Waals surface area (Å²) in [6.45, 7) is 6.62. The number of aromatic nitrogens is 2. The number of piperazine rings is 1. The Bertz CT molecular complexity index is 978. The standard InChI is InChI=1S/C22H28F3N5O2/c1-15-13-29(14-18-12-26-20(30(15)18)21(2,32)22(23,24)25)19(31)16-4-6-17(7-5-16)28-10-8-27(3)9-11-28/h4-7,12,15,32H,8-11,13-14H2,1-3H3/t15-,21+/m0/s1. The van der Waals surface area contributed by atoms with Crippen molar-refractivity contribution in [1.82, 2.24) is 19.4 Å². The van der Waals surface area contributed by atoms with Crippen LogP contribution in [0.25, 0.3) is 0 Å². The molecule has 0 aliphatic carbocycles. The van der Waals surface area contributed by atoms with E-state index in [0.29, 0.717) is 18.2 Å². The van der Waals surface area contributed by atoms with Crippen LogP contribution in [0, 0.1) is 0 Å². The molecular formula is C22H28F3N5O2. The summed E-state index contributed by atoms with van der Waals surface area (Å²) < 4.78 is 41.4. The summed E-state index contributed by atoms with van der Waals surface area (Å²) in [5.74, 6) is -0.630. The van der Waals surface area contributed by atoms with Gasteiger partial charge in [0.25, 0.3) is 5.91 Å². The highest BCUT2D eigenvalue weighted by Gasteiger charge is 2.55. The van der Waals surface area contributed by atoms with Crippen molar-refractivity contribution >= 4 is 11.6 Å². The maximum Gasteiger partial charge on any atom is 0.424 e. The number of fused-ring (bicyclic) bond motifs is 1. The lowest BCUT2D eigenvalue weighted by atomic mass is 10.0. The highest BCUT2D eigenvalue weighted by atomic mass is 19.4. The van der Waals surface area contributed by atoms with Gasteiger partial charge >= 0.3 is 6.18 Å². The van der Waals surface area contributed by atoms with E-state index in [0.717, 1.165) is 31.9 Å². The minimum Gasteiger partial charge on any atom is -0.374 e. The number of likely N-dealkylation sites (N-methyl/N-ethyl adjacent to an activating group) is 1. The fraction of sp³-hybridized carbons (Fsp3) is 0.545. The third-order valence-electron chi connectivity index (χ3n) is 6.41. The highest BCUT2D eigenvalue weighted by Crippen LogP contribution is 2.40. The summed E-state index contributed by atoms with van der Waals surface area (Å²) >= 11 is 0. The first kappa shape index (κ1) is 22.6. The van der Waals surface area contributed by atoms with Gasteiger partial charge in [-0.2, -0.15) is 13.2 Å². The number of hydrogen-bond donors (Lipinski definition) is 1. The topological polar surface area (TPSA) is 64.8 Å². The van der Waals surface area contributed by atoms with E-state index in [2.05, 4.69) is 21.8 Å². The molecule has 0 bridgehead atoms. The molecule has 4 rings (SSSR count). The Balaban J connectivity index is 1.50. The Morgan fingerprint density at radius 1 is 1.12 bits per heavy atom. The molecule has 2 atom stereocenters. The van der Waals surface area contributed by atoms with Crippen LogP contribution >= 0.6 is 0 Å². The predicted octanol–water partition coefficient (Wildman–Crippen LogP) is 2.62. The molecule has 2 aliphatic rings. The summed E-state index contributed by atoms with van der Waals surface area (Å²) in [5, 5.41) is 10.1. The van der Waals surface area contributed by atoms with E-state index in [1.165, 1.54) is 10.8 Å². The monoisotopic (exact) mass is 451 g/mol. The van der Waals surface area contributed by atoms with Crippen molar-refractivity contribution in [1.29, 1.82) is 0 Å². The van der Waals surface area contributed by atoms with Gasteiger partial charge in [-0.25, -0.2) is 4.98 Å². The molecule has 1 aromatic heterocycles. The number of nitrogens with zero attached hydrogens (tertiary/aromatic N) is 5. The molecule has 0 saturated carbocycles. The summed E-state index contributed by atoms with van der Waals surface area (Å²) in [7, 11) is 2.10. The number of rotatable bonds is 3. The third-order valence-corrected chi connectivity index (χ3v) is 6.41. The molecule has 10 heteroatoms. The maximum absolute atomic E-state index is 13.3. The molecule has 3 heterocycles. The minimum absolute atomic E-state index is 0.129. The van der Waals surface area contributed by atoms with Crippen molar-refractivity contribution in [3.8, 4) is 0 Å². The van der Waals surface area contributed by atoms with Crippen LogP contribution in [0.5, 0.6) is 0 Å². The fourth-order valence-electron chi connectivity index (χ4n) is 4.37. The Kier molecular flexibility index (Phi) is 5.70. The van der Waals surface area contributed by atoms with Gasteiger partial charge in [-0.15, -0.1) is 0 Å². The molecule has 1 fully saturated rings. The number of amides is 1. The quantitative estimate of drug-likeness (QED) is 0.778. The van der Waals surface area contributed by atoms with Crippen LogP contribution in [0.15, 0.2) is 30.5 Å². The Morgan fingerprint density at radius 2 is 1.75 bits per heavy atom. The molecule has 1 aromatic carbocycles. The SMILES string of the molecule is C[C@H]1CN(C(=O)c2ccc(N3CCN(C)CC3)cc2)Cc2cnc([C@@](C)(O)C(F)(F)F)n21. The normalized spacial score (nSPS) is 21.9. The van der Waals surface area contributed by atoms with E-state index in [1.807, 2.05) is 12.1 Å². The van der Waals surface area contributed by atoms with Crippen LogP contribution in [-0.2, 0) is 12.1 Å². The van der Waals surface area contributed by atoms with Crippen LogP contribution in [0.3, 0.4) is 0 Å². The molecule has 32 heavy (non-hydrogen) atoms. The molecule has 0 unspecified atom stereocenters. The second-order valence-electron chi connectivity index (χ2n) is 8.89. The summed E-state index contributed by atoms with van der Waals surface area (Å²) in [6.07, 6.45) is -3.55. The lowest BCUT2D eigenvalue weighted by Gasteiger charge is -2.36. The van der Waals surface area contributed by atoms with Gasteiger partial charge in [-0.1, -0.05) is 0 Å². The zero-order valence-electron chi connectivity index (χ0n) is 18.4. The molecule has 1 amide bonds. The van der Waals surface area contributed by atoms with Crippen molar-refractivity contribution < 1.29 is 23.1 Å². The average Bonchev–Trinajstić information content (AvgIpc) is 3.18. The molecule has 7 nitrogen and oxygen atoms in total. The number of halogens is 3. The van der Waals surface area contributed by atoms with E-state index in [4.69, 9.17) is 0 Å². The van der Waals surface area contributed by atoms with E-state index in [-0.39, 0.29) is 19.0 Å². The van der Waals surface area contributed by atoms with Gasteiger partial charge in [-0.05, 0) is 45.2 Å². The highest BCUT2D eigenvalue weighted by molar-refractivity contribution is 5.94. The molecular weight excluding hydrogens is 423 g/mol. The van der Waals surface area contributed by atoms with E-state index in [9.17, 15) is 23.1 Å². The Morgan fingerprint density at radius 3 is 2.34 bits per heavy atom. The van der Waals surface area contributed by atoms with Crippen molar-refractivity contribution in [2.45, 2.75) is 38.2 Å². The molecule has 1 N–H and O–H groups in total. The van der Waals surface area contributed by atoms with Crippen molar-refractivity contribution in [2.24, 2.45) is 0 Å². The van der Waals surface area contributed by atoms with E-state index in [1.54, 1.807) is 24.0 Å². The predicted molar refractivity (Wildman–Crippen MR) is 113 cm³/mol. The van der Waals surface area contributed by atoms with Crippen LogP contribution < -0.4 is 4.90 Å². The second kappa shape index (κ2) is 8.08. The second-order valence-corrected chi connectivity index (χ2v) is 8.89. The largest absolute Gasteiger partial charge is 0.424 e. The van der Waals surface area contributed by atoms with Crippen molar-refractivity contribution in [3.05, 3.63) is 47.5 Å². The van der Waals surface area contributed by atoms with Gasteiger partial charge < -0.3 is 24.4 Å². The van der Waals surface area contributed by atoms with Crippen molar-refractivity contribution in [3.63, 3.8) is 0 Å². The average molecular weight is 451 g/mol. The van der Waals surface area contributed by atoms with Gasteiger partial charge in [0.1, 0.15) is 0 Å². The molecule has 0 radical (unpaired) electrons. The number of carbonyl (C=O) groups excluding carboxylic acids is 1. The zero-order valence-corrected chi connectivity index (χ0v) is 18.4. The number of carbonyl (C=O) groups is 1. The number of imidazole rings is 1. The lowest BCUT2D eigenvalue weighted by Crippen LogP contribution is -2.45. The van der Waals surface area contributed by atoms with Gasteiger partial charge in [0, 0.05) is 44.0 Å². The number of anilines is 1. The third kappa shape index (κ3) is 3.97.